The minimum atomic E-state index is -0.917. The number of imide groups is 1. The molecule has 2 heterocycles. The molecule has 22 heavy (non-hydrogen) atoms. The molecule has 0 saturated carbocycles. The smallest absolute Gasteiger partial charge is 0.306 e. The third kappa shape index (κ3) is 3.69. The van der Waals surface area contributed by atoms with Crippen LogP contribution in [0.1, 0.15) is 15.9 Å². The van der Waals surface area contributed by atoms with Gasteiger partial charge in [-0.1, -0.05) is 23.2 Å². The van der Waals surface area contributed by atoms with Crippen molar-refractivity contribution < 1.29 is 14.0 Å². The van der Waals surface area contributed by atoms with E-state index in [1.54, 1.807) is 19.2 Å². The summed E-state index contributed by atoms with van der Waals surface area (Å²) in [6.07, 6.45) is 2.99. The van der Waals surface area contributed by atoms with Gasteiger partial charge in [0, 0.05) is 6.20 Å². The van der Waals surface area contributed by atoms with Crippen LogP contribution >= 0.6 is 23.2 Å². The Labute approximate surface area is 134 Å². The number of hydrogen-bond donors (Lipinski definition) is 2. The average Bonchev–Trinajstić information content (AvgIpc) is 2.45. The summed E-state index contributed by atoms with van der Waals surface area (Å²) < 4.78 is 13.3. The van der Waals surface area contributed by atoms with E-state index >= 15 is 0 Å². The largest absolute Gasteiger partial charge is 0.326 e. The van der Waals surface area contributed by atoms with Crippen molar-refractivity contribution in [2.45, 2.75) is 6.92 Å². The summed E-state index contributed by atoms with van der Waals surface area (Å²) in [5.41, 5.74) is 0.885. The predicted octanol–water partition coefficient (Wildman–Crippen LogP) is 3.19. The Morgan fingerprint density at radius 2 is 2.00 bits per heavy atom. The van der Waals surface area contributed by atoms with Gasteiger partial charge in [0.1, 0.15) is 5.15 Å². The number of rotatable bonds is 2. The second kappa shape index (κ2) is 6.67. The summed E-state index contributed by atoms with van der Waals surface area (Å²) in [5, 5.41) is 3.68. The number of nitrogens with zero attached hydrogens (tertiary/aromatic N) is 2. The molecule has 0 fully saturated rings. The second-order valence-electron chi connectivity index (χ2n) is 4.20. The highest BCUT2D eigenvalue weighted by Gasteiger charge is 2.18. The van der Waals surface area contributed by atoms with E-state index in [2.05, 4.69) is 15.3 Å². The van der Waals surface area contributed by atoms with Crippen molar-refractivity contribution in [3.63, 3.8) is 0 Å². The Kier molecular flexibility index (Phi) is 4.89. The Bertz CT molecular complexity index is 755. The predicted molar refractivity (Wildman–Crippen MR) is 79.7 cm³/mol. The van der Waals surface area contributed by atoms with Gasteiger partial charge in [-0.25, -0.2) is 14.2 Å². The lowest BCUT2D eigenvalue weighted by atomic mass is 10.2. The van der Waals surface area contributed by atoms with Crippen molar-refractivity contribution in [2.75, 3.05) is 5.32 Å². The highest BCUT2D eigenvalue weighted by Crippen LogP contribution is 2.20. The molecule has 0 bridgehead atoms. The van der Waals surface area contributed by atoms with Crippen LogP contribution in [0.5, 0.6) is 0 Å². The molecule has 0 radical (unpaired) electrons. The van der Waals surface area contributed by atoms with E-state index in [1.165, 1.54) is 6.20 Å². The molecular weight excluding hydrogens is 334 g/mol. The first kappa shape index (κ1) is 16.1. The molecule has 2 N–H and O–H groups in total. The average molecular weight is 343 g/mol. The number of carbonyl (C=O) groups is 2. The molecular formula is C13H9Cl2FN4O2. The van der Waals surface area contributed by atoms with Crippen LogP contribution in [0.4, 0.5) is 14.9 Å². The summed E-state index contributed by atoms with van der Waals surface area (Å²) in [5.74, 6) is -1.83. The molecule has 9 heteroatoms. The lowest BCUT2D eigenvalue weighted by molar-refractivity contribution is 0.0966. The van der Waals surface area contributed by atoms with Crippen molar-refractivity contribution in [3.05, 3.63) is 51.8 Å². The van der Waals surface area contributed by atoms with Crippen molar-refractivity contribution in [3.8, 4) is 0 Å². The zero-order chi connectivity index (χ0) is 16.3. The normalized spacial score (nSPS) is 10.2. The topological polar surface area (TPSA) is 84.0 Å². The second-order valence-corrected chi connectivity index (χ2v) is 4.91. The molecule has 0 atom stereocenters. The molecule has 2 aromatic heterocycles. The summed E-state index contributed by atoms with van der Waals surface area (Å²) in [6.45, 7) is 1.76. The molecule has 3 amide bonds. The molecule has 0 aliphatic heterocycles. The molecule has 0 aliphatic carbocycles. The Hall–Kier alpha value is -2.25. The van der Waals surface area contributed by atoms with Gasteiger partial charge >= 0.3 is 6.03 Å². The monoisotopic (exact) mass is 342 g/mol. The van der Waals surface area contributed by atoms with Crippen molar-refractivity contribution in [1.29, 1.82) is 0 Å². The van der Waals surface area contributed by atoms with Gasteiger partial charge in [-0.05, 0) is 24.6 Å². The van der Waals surface area contributed by atoms with E-state index in [1.807, 2.05) is 5.32 Å². The van der Waals surface area contributed by atoms with Gasteiger partial charge in [0.25, 0.3) is 5.91 Å². The lowest BCUT2D eigenvalue weighted by Crippen LogP contribution is -2.34. The van der Waals surface area contributed by atoms with E-state index in [0.717, 1.165) is 11.6 Å². The van der Waals surface area contributed by atoms with Crippen molar-refractivity contribution in [2.24, 2.45) is 0 Å². The fraction of sp³-hybridized carbons (Fsp3) is 0.0769. The number of urea groups is 1. The summed E-state index contributed by atoms with van der Waals surface area (Å²) in [4.78, 5) is 31.0. The van der Waals surface area contributed by atoms with E-state index < -0.39 is 22.9 Å². The van der Waals surface area contributed by atoms with Gasteiger partial charge < -0.3 is 5.32 Å². The molecule has 0 aliphatic rings. The SMILES string of the molecule is Cc1ccncc1NC(=O)NC(=O)c1cc(F)c(Cl)nc1Cl. The number of anilines is 1. The number of amides is 3. The highest BCUT2D eigenvalue weighted by atomic mass is 35.5. The van der Waals surface area contributed by atoms with Crippen molar-refractivity contribution >= 4 is 40.8 Å². The third-order valence-electron chi connectivity index (χ3n) is 2.65. The number of nitrogens with one attached hydrogen (secondary N) is 2. The first-order chi connectivity index (χ1) is 10.4. The molecule has 0 aromatic carbocycles. The number of carbonyl (C=O) groups excluding carboxylic acids is 2. The zero-order valence-electron chi connectivity index (χ0n) is 11.2. The fourth-order valence-corrected chi connectivity index (χ4v) is 1.93. The van der Waals surface area contributed by atoms with Gasteiger partial charge in [-0.3, -0.25) is 15.1 Å². The minimum Gasteiger partial charge on any atom is -0.306 e. The van der Waals surface area contributed by atoms with Crippen LogP contribution in [0.2, 0.25) is 10.3 Å². The Balaban J connectivity index is 2.11. The van der Waals surface area contributed by atoms with E-state index in [4.69, 9.17) is 23.2 Å². The van der Waals surface area contributed by atoms with Crippen LogP contribution in [-0.4, -0.2) is 21.9 Å². The van der Waals surface area contributed by atoms with Crippen LogP contribution in [0.3, 0.4) is 0 Å². The Morgan fingerprint density at radius 1 is 1.27 bits per heavy atom. The molecule has 2 aromatic rings. The summed E-state index contributed by atoms with van der Waals surface area (Å²) >= 11 is 11.1. The maximum absolute atomic E-state index is 13.3. The molecule has 2 rings (SSSR count). The number of hydrogen-bond acceptors (Lipinski definition) is 4. The van der Waals surface area contributed by atoms with Crippen LogP contribution < -0.4 is 10.6 Å². The van der Waals surface area contributed by atoms with Crippen LogP contribution in [0.25, 0.3) is 0 Å². The maximum Gasteiger partial charge on any atom is 0.326 e. The summed E-state index contributed by atoms with van der Waals surface area (Å²) in [6, 6.07) is 1.68. The zero-order valence-corrected chi connectivity index (χ0v) is 12.7. The standard InChI is InChI=1S/C13H9Cl2FN4O2/c1-6-2-3-17-5-9(6)18-13(22)20-12(21)7-4-8(16)11(15)19-10(7)14/h2-5H,1H3,(H2,18,20,21,22). The summed E-state index contributed by atoms with van der Waals surface area (Å²) in [7, 11) is 0. The van der Waals surface area contributed by atoms with E-state index in [0.29, 0.717) is 5.69 Å². The van der Waals surface area contributed by atoms with Gasteiger partial charge in [-0.2, -0.15) is 0 Å². The highest BCUT2D eigenvalue weighted by molar-refractivity contribution is 6.35. The third-order valence-corrected chi connectivity index (χ3v) is 3.20. The first-order valence-corrected chi connectivity index (χ1v) is 6.68. The quantitative estimate of drug-likeness (QED) is 0.821. The number of aryl methyl sites for hydroxylation is 1. The number of aromatic nitrogens is 2. The van der Waals surface area contributed by atoms with E-state index in [-0.39, 0.29) is 10.7 Å². The van der Waals surface area contributed by atoms with Crippen molar-refractivity contribution in [1.82, 2.24) is 15.3 Å². The van der Waals surface area contributed by atoms with E-state index in [9.17, 15) is 14.0 Å². The first-order valence-electron chi connectivity index (χ1n) is 5.93. The molecule has 0 unspecified atom stereocenters. The molecule has 0 spiro atoms. The Morgan fingerprint density at radius 3 is 2.68 bits per heavy atom. The molecule has 0 saturated heterocycles. The number of halogens is 3. The number of pyridine rings is 2. The minimum absolute atomic E-state index is 0.304. The van der Waals surface area contributed by atoms with Gasteiger partial charge in [0.2, 0.25) is 0 Å². The van der Waals surface area contributed by atoms with Gasteiger partial charge in [0.15, 0.2) is 11.0 Å². The maximum atomic E-state index is 13.3. The fourth-order valence-electron chi connectivity index (χ4n) is 1.52. The molecule has 114 valence electrons. The molecule has 6 nitrogen and oxygen atoms in total. The van der Waals surface area contributed by atoms with Gasteiger partial charge in [0.05, 0.1) is 17.4 Å². The van der Waals surface area contributed by atoms with Gasteiger partial charge in [-0.15, -0.1) is 0 Å². The van der Waals surface area contributed by atoms with Crippen LogP contribution in [0.15, 0.2) is 24.5 Å². The van der Waals surface area contributed by atoms with Crippen LogP contribution in [0, 0.1) is 12.7 Å². The van der Waals surface area contributed by atoms with Crippen LogP contribution in [-0.2, 0) is 0 Å². The lowest BCUT2D eigenvalue weighted by Gasteiger charge is -2.09.